The fraction of sp³-hybridized carbons (Fsp3) is 0.743. The van der Waals surface area contributed by atoms with Crippen LogP contribution in [0.4, 0.5) is 0 Å². The van der Waals surface area contributed by atoms with Crippen molar-refractivity contribution in [2.45, 2.75) is 132 Å². The van der Waals surface area contributed by atoms with E-state index in [4.69, 9.17) is 4.74 Å². The zero-order valence-electron chi connectivity index (χ0n) is 27.2. The first kappa shape index (κ1) is 37.0. The maximum atomic E-state index is 12.6. The summed E-state index contributed by atoms with van der Waals surface area (Å²) in [6, 6.07) is 0. The maximum Gasteiger partial charge on any atom is 0.311 e. The first-order valence-corrected chi connectivity index (χ1v) is 15.8. The van der Waals surface area contributed by atoms with Crippen LogP contribution in [0.5, 0.6) is 0 Å². The zero-order chi connectivity index (χ0) is 31.3. The third-order valence-corrected chi connectivity index (χ3v) is 8.88. The minimum atomic E-state index is -0.922. The molecule has 9 atom stereocenters. The summed E-state index contributed by atoms with van der Waals surface area (Å²) in [5.74, 6) is -0.560. The summed E-state index contributed by atoms with van der Waals surface area (Å²) in [5, 5.41) is 21.0. The number of aliphatic hydroxyl groups excluding tert-OH is 2. The number of ketones is 2. The van der Waals surface area contributed by atoms with E-state index in [-0.39, 0.29) is 29.8 Å². The Morgan fingerprint density at radius 1 is 1.02 bits per heavy atom. The number of aliphatic hydroxyl groups is 2. The van der Waals surface area contributed by atoms with Crippen LogP contribution in [0.25, 0.3) is 0 Å². The van der Waals surface area contributed by atoms with Gasteiger partial charge >= 0.3 is 5.97 Å². The number of hydrogen-bond donors (Lipinski definition) is 2. The summed E-state index contributed by atoms with van der Waals surface area (Å²) < 4.78 is 5.49. The van der Waals surface area contributed by atoms with Crippen molar-refractivity contribution in [2.24, 2.45) is 35.5 Å². The van der Waals surface area contributed by atoms with Crippen LogP contribution in [0.3, 0.4) is 0 Å². The Labute approximate surface area is 249 Å². The van der Waals surface area contributed by atoms with Crippen LogP contribution in [0.2, 0.25) is 0 Å². The van der Waals surface area contributed by atoms with Gasteiger partial charge in [0.15, 0.2) is 0 Å². The molecule has 1 aliphatic rings. The topological polar surface area (TPSA) is 101 Å². The number of cyclic esters (lactones) is 1. The van der Waals surface area contributed by atoms with Crippen LogP contribution in [-0.2, 0) is 19.1 Å². The summed E-state index contributed by atoms with van der Waals surface area (Å²) in [7, 11) is 0. The Kier molecular flexibility index (Phi) is 16.7. The average molecular weight is 575 g/mol. The van der Waals surface area contributed by atoms with Gasteiger partial charge in [0.1, 0.15) is 17.7 Å². The monoisotopic (exact) mass is 574 g/mol. The molecule has 234 valence electrons. The molecule has 1 fully saturated rings. The lowest BCUT2D eigenvalue weighted by molar-refractivity contribution is -0.186. The minimum absolute atomic E-state index is 0.0121. The number of Topliss-reactive ketones (excluding diaryl/α,β-unsaturated/α-hetero) is 2. The highest BCUT2D eigenvalue weighted by Crippen LogP contribution is 2.32. The predicted octanol–water partition coefficient (Wildman–Crippen LogP) is 7.18. The molecule has 1 heterocycles. The highest BCUT2D eigenvalue weighted by molar-refractivity contribution is 5.79. The van der Waals surface area contributed by atoms with Gasteiger partial charge < -0.3 is 14.9 Å². The molecule has 41 heavy (non-hydrogen) atoms. The number of carbonyl (C=O) groups is 3. The second-order valence-corrected chi connectivity index (χ2v) is 12.8. The van der Waals surface area contributed by atoms with Crippen molar-refractivity contribution in [2.75, 3.05) is 0 Å². The van der Waals surface area contributed by atoms with Gasteiger partial charge in [-0.3, -0.25) is 14.4 Å². The van der Waals surface area contributed by atoms with Gasteiger partial charge in [0.05, 0.1) is 18.1 Å². The molecule has 0 aromatic carbocycles. The summed E-state index contributed by atoms with van der Waals surface area (Å²) in [6.07, 6.45) is 12.6. The van der Waals surface area contributed by atoms with E-state index in [2.05, 4.69) is 52.0 Å². The Morgan fingerprint density at radius 2 is 1.68 bits per heavy atom. The van der Waals surface area contributed by atoms with Crippen LogP contribution in [0.15, 0.2) is 35.5 Å². The Bertz CT molecular complexity index is 931. The second kappa shape index (κ2) is 18.5. The van der Waals surface area contributed by atoms with E-state index in [0.29, 0.717) is 24.7 Å². The lowest BCUT2D eigenvalue weighted by atomic mass is 9.79. The molecule has 0 aliphatic carbocycles. The van der Waals surface area contributed by atoms with Gasteiger partial charge in [-0.2, -0.15) is 0 Å². The predicted molar refractivity (Wildman–Crippen MR) is 166 cm³/mol. The van der Waals surface area contributed by atoms with Crippen molar-refractivity contribution >= 4 is 17.5 Å². The van der Waals surface area contributed by atoms with Gasteiger partial charge in [0.25, 0.3) is 0 Å². The highest BCUT2D eigenvalue weighted by Gasteiger charge is 2.44. The molecule has 0 aromatic heterocycles. The fourth-order valence-corrected chi connectivity index (χ4v) is 5.58. The van der Waals surface area contributed by atoms with E-state index in [0.717, 1.165) is 32.1 Å². The number of allylic oxidation sites excluding steroid dienone is 6. The number of esters is 1. The van der Waals surface area contributed by atoms with E-state index >= 15 is 0 Å². The summed E-state index contributed by atoms with van der Waals surface area (Å²) >= 11 is 0. The summed E-state index contributed by atoms with van der Waals surface area (Å²) in [6.45, 7) is 17.5. The lowest BCUT2D eigenvalue weighted by Gasteiger charge is -2.40. The number of hydrogen-bond acceptors (Lipinski definition) is 6. The van der Waals surface area contributed by atoms with Gasteiger partial charge in [-0.25, -0.2) is 0 Å². The quantitative estimate of drug-likeness (QED) is 0.133. The Morgan fingerprint density at radius 3 is 2.29 bits per heavy atom. The molecular formula is C35H58O6. The number of ether oxygens (including phenoxy) is 1. The molecule has 0 bridgehead atoms. The first-order valence-electron chi connectivity index (χ1n) is 15.8. The average Bonchev–Trinajstić information content (AvgIpc) is 2.91. The molecule has 6 heteroatoms. The van der Waals surface area contributed by atoms with Gasteiger partial charge in [0.2, 0.25) is 0 Å². The molecule has 6 nitrogen and oxygen atoms in total. The van der Waals surface area contributed by atoms with Crippen LogP contribution < -0.4 is 0 Å². The molecule has 1 saturated heterocycles. The molecule has 0 amide bonds. The molecule has 0 aromatic rings. The van der Waals surface area contributed by atoms with Crippen LogP contribution in [-0.4, -0.2) is 46.1 Å². The van der Waals surface area contributed by atoms with E-state index in [9.17, 15) is 24.6 Å². The van der Waals surface area contributed by atoms with Gasteiger partial charge in [0, 0.05) is 30.6 Å². The minimum Gasteiger partial charge on any atom is -0.461 e. The maximum absolute atomic E-state index is 12.6. The van der Waals surface area contributed by atoms with Crippen molar-refractivity contribution in [1.82, 2.24) is 0 Å². The number of rotatable bonds is 18. The molecular weight excluding hydrogens is 516 g/mol. The fourth-order valence-electron chi connectivity index (χ4n) is 5.58. The molecule has 2 N–H and O–H groups in total. The van der Waals surface area contributed by atoms with E-state index in [1.54, 1.807) is 20.8 Å². The normalized spacial score (nSPS) is 25.9. The third-order valence-electron chi connectivity index (χ3n) is 8.88. The molecule has 0 radical (unpaired) electrons. The Balaban J connectivity index is 2.46. The summed E-state index contributed by atoms with van der Waals surface area (Å²) in [5.41, 5.74) is 2.62. The van der Waals surface area contributed by atoms with E-state index in [1.807, 2.05) is 13.8 Å². The van der Waals surface area contributed by atoms with Crippen molar-refractivity contribution in [3.63, 3.8) is 0 Å². The third kappa shape index (κ3) is 13.2. The highest BCUT2D eigenvalue weighted by atomic mass is 16.6. The van der Waals surface area contributed by atoms with E-state index < -0.39 is 36.1 Å². The molecule has 1 aliphatic heterocycles. The Hall–Kier alpha value is -2.05. The van der Waals surface area contributed by atoms with Crippen molar-refractivity contribution in [1.29, 1.82) is 0 Å². The van der Waals surface area contributed by atoms with Crippen LogP contribution >= 0.6 is 0 Å². The van der Waals surface area contributed by atoms with Gasteiger partial charge in [-0.15, -0.1) is 0 Å². The van der Waals surface area contributed by atoms with Gasteiger partial charge in [-0.05, 0) is 71.1 Å². The lowest BCUT2D eigenvalue weighted by Crippen LogP contribution is -2.51. The van der Waals surface area contributed by atoms with Crippen LogP contribution in [0, 0.1) is 35.5 Å². The molecule has 0 spiro atoms. The first-order chi connectivity index (χ1) is 19.2. The molecule has 1 rings (SSSR count). The molecule has 0 saturated carbocycles. The van der Waals surface area contributed by atoms with Crippen molar-refractivity contribution in [3.05, 3.63) is 35.5 Å². The van der Waals surface area contributed by atoms with Crippen LogP contribution in [0.1, 0.15) is 114 Å². The summed E-state index contributed by atoms with van der Waals surface area (Å²) in [4.78, 5) is 36.1. The van der Waals surface area contributed by atoms with Crippen molar-refractivity contribution in [3.8, 4) is 0 Å². The van der Waals surface area contributed by atoms with Crippen molar-refractivity contribution < 1.29 is 29.3 Å². The molecule has 9 unspecified atom stereocenters. The number of carbonyl (C=O) groups excluding carboxylic acids is 3. The largest absolute Gasteiger partial charge is 0.461 e. The zero-order valence-corrected chi connectivity index (χ0v) is 27.2. The van der Waals surface area contributed by atoms with Gasteiger partial charge in [-0.1, -0.05) is 77.0 Å². The smallest absolute Gasteiger partial charge is 0.311 e. The second-order valence-electron chi connectivity index (χ2n) is 12.8. The standard InChI is InChI=1S/C35H58O6/c1-10-30(20-24(4)15-11-14-23(3)19-25(5)29(9)36)16-12-13-22(2)17-18-31(37)21-32(38)26(6)34-27(7)33(39)28(8)35(40)41-34/h11,13-14,20,23-28,32-34,38-39H,10,12,15-19,21H2,1-9H3. The SMILES string of the molecule is CCC(=CC(C)CC=CC(C)CC(C)C(C)=O)CCC=C(C)CCC(=O)CC(O)C(C)C1OC(=O)C(C)C(O)C1C. The van der Waals surface area contributed by atoms with E-state index in [1.165, 1.54) is 11.1 Å².